The first-order valence-corrected chi connectivity index (χ1v) is 15.8. The maximum atomic E-state index is 13.7. The molecule has 1 heterocycles. The maximum absolute atomic E-state index is 13.7. The van der Waals surface area contributed by atoms with E-state index in [1.165, 1.54) is 7.11 Å². The molecular formula is C34H49N5O6. The average Bonchev–Trinajstić information content (AvgIpc) is 3.01. The molecule has 0 saturated carbocycles. The Labute approximate surface area is 266 Å². The molecule has 0 fully saturated rings. The second-order valence-electron chi connectivity index (χ2n) is 12.0. The monoisotopic (exact) mass is 623 g/mol. The first kappa shape index (κ1) is 35.4. The third-order valence-electron chi connectivity index (χ3n) is 7.53. The van der Waals surface area contributed by atoms with Crippen LogP contribution in [0, 0.1) is 5.92 Å². The number of amides is 4. The van der Waals surface area contributed by atoms with Crippen molar-refractivity contribution in [3.63, 3.8) is 0 Å². The molecule has 5 N–H and O–H groups in total. The molecule has 246 valence electrons. The van der Waals surface area contributed by atoms with E-state index in [2.05, 4.69) is 26.6 Å². The highest BCUT2D eigenvalue weighted by Gasteiger charge is 2.30. The fourth-order valence-electron chi connectivity index (χ4n) is 5.14. The van der Waals surface area contributed by atoms with Gasteiger partial charge in [0.2, 0.25) is 17.7 Å². The topological polar surface area (TPSA) is 147 Å². The summed E-state index contributed by atoms with van der Waals surface area (Å²) >= 11 is 0. The van der Waals surface area contributed by atoms with E-state index < -0.39 is 24.0 Å². The van der Waals surface area contributed by atoms with Crippen molar-refractivity contribution in [1.82, 2.24) is 26.6 Å². The number of benzene rings is 2. The van der Waals surface area contributed by atoms with Crippen LogP contribution < -0.4 is 36.1 Å². The molecule has 0 saturated heterocycles. The van der Waals surface area contributed by atoms with Crippen LogP contribution in [0.4, 0.5) is 0 Å². The van der Waals surface area contributed by atoms with Crippen molar-refractivity contribution >= 4 is 23.6 Å². The Morgan fingerprint density at radius 1 is 0.889 bits per heavy atom. The van der Waals surface area contributed by atoms with Crippen molar-refractivity contribution in [2.75, 3.05) is 26.8 Å². The lowest BCUT2D eigenvalue weighted by atomic mass is 10.00. The molecule has 2 aromatic carbocycles. The SMILES string of the molecule is COc1ccc2cc1OCC(=O)NCCC[C@H](NC(C)C)C(=O)N[C@@H](Cc1ccccc1)C(=O)N[C@H](C(C)C)C(=O)NCCC2. The number of carbonyl (C=O) groups is 4. The average molecular weight is 624 g/mol. The standard InChI is InChI=1S/C34H49N5O6/c1-22(2)31-34(43)36-18-9-13-25-15-16-28(44-5)29(20-25)45-21-30(40)35-17-10-14-26(37-23(3)4)32(41)38-27(33(42)39-31)19-24-11-7-6-8-12-24/h6-8,11-12,15-16,20,22-23,26-27,31,37H,9-10,13-14,17-19,21H2,1-5H3,(H,35,40)(H,36,43)(H,38,41)(H,39,42)/t26-,27-,31+/m0/s1. The lowest BCUT2D eigenvalue weighted by Gasteiger charge is -2.27. The predicted octanol–water partition coefficient (Wildman–Crippen LogP) is 2.27. The van der Waals surface area contributed by atoms with Crippen LogP contribution >= 0.6 is 0 Å². The largest absolute Gasteiger partial charge is 0.493 e. The first-order valence-electron chi connectivity index (χ1n) is 15.8. The highest BCUT2D eigenvalue weighted by molar-refractivity contribution is 5.93. The molecule has 2 bridgehead atoms. The van der Waals surface area contributed by atoms with E-state index in [0.29, 0.717) is 50.3 Å². The Hall–Kier alpha value is -4.12. The van der Waals surface area contributed by atoms with Crippen molar-refractivity contribution in [2.24, 2.45) is 5.92 Å². The lowest BCUT2D eigenvalue weighted by molar-refractivity contribution is -0.133. The van der Waals surface area contributed by atoms with Gasteiger partial charge in [0, 0.05) is 25.6 Å². The second kappa shape index (κ2) is 18.0. The number of fused-ring (bicyclic) bond motifs is 2. The van der Waals surface area contributed by atoms with Crippen LogP contribution in [0.25, 0.3) is 0 Å². The van der Waals surface area contributed by atoms with Gasteiger partial charge in [0.1, 0.15) is 12.1 Å². The number of hydrogen-bond acceptors (Lipinski definition) is 7. The number of hydrogen-bond donors (Lipinski definition) is 5. The summed E-state index contributed by atoms with van der Waals surface area (Å²) in [6, 6.07) is 12.7. The van der Waals surface area contributed by atoms with E-state index in [1.54, 1.807) is 6.07 Å². The molecule has 0 radical (unpaired) electrons. The van der Waals surface area contributed by atoms with Crippen molar-refractivity contribution in [1.29, 1.82) is 0 Å². The van der Waals surface area contributed by atoms with E-state index in [4.69, 9.17) is 9.47 Å². The van der Waals surface area contributed by atoms with Crippen LogP contribution in [0.15, 0.2) is 48.5 Å². The zero-order chi connectivity index (χ0) is 32.8. The molecule has 45 heavy (non-hydrogen) atoms. The summed E-state index contributed by atoms with van der Waals surface area (Å²) in [4.78, 5) is 53.1. The van der Waals surface area contributed by atoms with Gasteiger partial charge in [-0.05, 0) is 54.9 Å². The number of aryl methyl sites for hydroxylation is 1. The number of rotatable bonds is 6. The van der Waals surface area contributed by atoms with E-state index >= 15 is 0 Å². The van der Waals surface area contributed by atoms with Crippen LogP contribution in [0.5, 0.6) is 11.5 Å². The van der Waals surface area contributed by atoms with Crippen LogP contribution in [0.1, 0.15) is 58.1 Å². The summed E-state index contributed by atoms with van der Waals surface area (Å²) in [5, 5.41) is 14.9. The van der Waals surface area contributed by atoms with Crippen molar-refractivity contribution in [2.45, 2.75) is 84.0 Å². The molecule has 0 aromatic heterocycles. The zero-order valence-electron chi connectivity index (χ0n) is 27.1. The summed E-state index contributed by atoms with van der Waals surface area (Å²) in [6.45, 7) is 8.20. The van der Waals surface area contributed by atoms with Gasteiger partial charge in [-0.2, -0.15) is 0 Å². The zero-order valence-corrected chi connectivity index (χ0v) is 27.1. The molecule has 11 nitrogen and oxygen atoms in total. The summed E-state index contributed by atoms with van der Waals surface area (Å²) in [6.07, 6.45) is 2.51. The maximum Gasteiger partial charge on any atom is 0.257 e. The van der Waals surface area contributed by atoms with Crippen LogP contribution in [0.2, 0.25) is 0 Å². The number of nitrogens with one attached hydrogen (secondary N) is 5. The number of carbonyl (C=O) groups excluding carboxylic acids is 4. The number of ether oxygens (including phenoxy) is 2. The van der Waals surface area contributed by atoms with E-state index in [0.717, 1.165) is 11.1 Å². The molecule has 1 aliphatic heterocycles. The lowest BCUT2D eigenvalue weighted by Crippen LogP contribution is -2.58. The first-order chi connectivity index (χ1) is 21.6. The van der Waals surface area contributed by atoms with Gasteiger partial charge in [0.25, 0.3) is 5.91 Å². The van der Waals surface area contributed by atoms with Gasteiger partial charge >= 0.3 is 0 Å². The minimum Gasteiger partial charge on any atom is -0.493 e. The van der Waals surface area contributed by atoms with E-state index in [1.807, 2.05) is 70.2 Å². The minimum atomic E-state index is -0.899. The molecule has 11 heteroatoms. The van der Waals surface area contributed by atoms with Gasteiger partial charge in [-0.25, -0.2) is 0 Å². The number of methoxy groups -OCH3 is 1. The molecule has 0 aliphatic carbocycles. The molecule has 1 aliphatic rings. The Kier molecular flexibility index (Phi) is 14.1. The van der Waals surface area contributed by atoms with Gasteiger partial charge < -0.3 is 36.1 Å². The minimum absolute atomic E-state index is 0.00321. The van der Waals surface area contributed by atoms with Gasteiger partial charge in [0.15, 0.2) is 18.1 Å². The molecule has 0 spiro atoms. The van der Waals surface area contributed by atoms with Crippen LogP contribution in [-0.4, -0.2) is 74.6 Å². The highest BCUT2D eigenvalue weighted by atomic mass is 16.5. The molecule has 0 unspecified atom stereocenters. The molecule has 3 rings (SSSR count). The third kappa shape index (κ3) is 11.7. The van der Waals surface area contributed by atoms with Gasteiger partial charge in [-0.15, -0.1) is 0 Å². The third-order valence-corrected chi connectivity index (χ3v) is 7.53. The van der Waals surface area contributed by atoms with Gasteiger partial charge in [-0.1, -0.05) is 64.1 Å². The van der Waals surface area contributed by atoms with Crippen molar-refractivity contribution in [3.8, 4) is 11.5 Å². The van der Waals surface area contributed by atoms with E-state index in [9.17, 15) is 19.2 Å². The second-order valence-corrected chi connectivity index (χ2v) is 12.0. The summed E-state index contributed by atoms with van der Waals surface area (Å²) < 4.78 is 11.2. The Morgan fingerprint density at radius 2 is 1.62 bits per heavy atom. The van der Waals surface area contributed by atoms with Crippen LogP contribution in [-0.2, 0) is 32.0 Å². The summed E-state index contributed by atoms with van der Waals surface area (Å²) in [5.41, 5.74) is 1.85. The van der Waals surface area contributed by atoms with Gasteiger partial charge in [0.05, 0.1) is 13.2 Å². The molecule has 2 aromatic rings. The van der Waals surface area contributed by atoms with Crippen molar-refractivity contribution in [3.05, 3.63) is 59.7 Å². The predicted molar refractivity (Wildman–Crippen MR) is 173 cm³/mol. The normalized spacial score (nSPS) is 21.4. The fourth-order valence-corrected chi connectivity index (χ4v) is 5.14. The fraction of sp³-hybridized carbons (Fsp3) is 0.529. The Bertz CT molecular complexity index is 1270. The Morgan fingerprint density at radius 3 is 2.31 bits per heavy atom. The van der Waals surface area contributed by atoms with Crippen LogP contribution in [0.3, 0.4) is 0 Å². The molecular weight excluding hydrogens is 574 g/mol. The van der Waals surface area contributed by atoms with E-state index in [-0.39, 0.29) is 42.7 Å². The quantitative estimate of drug-likeness (QED) is 0.332. The summed E-state index contributed by atoms with van der Waals surface area (Å²) in [5.74, 6) is -0.525. The summed E-state index contributed by atoms with van der Waals surface area (Å²) in [7, 11) is 1.54. The molecule has 4 amide bonds. The highest BCUT2D eigenvalue weighted by Crippen LogP contribution is 2.28. The van der Waals surface area contributed by atoms with Gasteiger partial charge in [-0.3, -0.25) is 19.2 Å². The smallest absolute Gasteiger partial charge is 0.257 e. The molecule has 3 atom stereocenters. The van der Waals surface area contributed by atoms with Crippen molar-refractivity contribution < 1.29 is 28.7 Å². The Balaban J connectivity index is 1.85.